The van der Waals surface area contributed by atoms with Crippen LogP contribution in [0.5, 0.6) is 5.75 Å². The van der Waals surface area contributed by atoms with Gasteiger partial charge in [0.2, 0.25) is 11.7 Å². The number of aromatic nitrogens is 2. The molecule has 1 heterocycles. The summed E-state index contributed by atoms with van der Waals surface area (Å²) >= 11 is 0. The lowest BCUT2D eigenvalue weighted by molar-refractivity contribution is -0.131. The molecule has 1 aromatic heterocycles. The van der Waals surface area contributed by atoms with Gasteiger partial charge in [-0.25, -0.2) is 4.98 Å². The van der Waals surface area contributed by atoms with Gasteiger partial charge in [-0.3, -0.25) is 9.59 Å². The first-order valence-corrected chi connectivity index (χ1v) is 9.95. The molecule has 0 aliphatic rings. The van der Waals surface area contributed by atoms with E-state index in [1.807, 2.05) is 50.8 Å². The van der Waals surface area contributed by atoms with E-state index in [4.69, 9.17) is 4.74 Å². The van der Waals surface area contributed by atoms with E-state index in [2.05, 4.69) is 18.8 Å². The number of carbonyl (C=O) groups excluding carboxylic acids is 2. The second-order valence-corrected chi connectivity index (χ2v) is 8.61. The summed E-state index contributed by atoms with van der Waals surface area (Å²) in [5.41, 5.74) is 0.834. The Bertz CT molecular complexity index is 847. The molecule has 0 radical (unpaired) electrons. The van der Waals surface area contributed by atoms with Gasteiger partial charge in [0.1, 0.15) is 12.3 Å². The zero-order valence-electron chi connectivity index (χ0n) is 18.2. The van der Waals surface area contributed by atoms with Crippen LogP contribution in [0.4, 0.5) is 0 Å². The summed E-state index contributed by atoms with van der Waals surface area (Å²) in [5.74, 6) is 1.43. The fourth-order valence-electron chi connectivity index (χ4n) is 3.01. The average molecular weight is 388 g/mol. The summed E-state index contributed by atoms with van der Waals surface area (Å²) in [4.78, 5) is 32.4. The van der Waals surface area contributed by atoms with Crippen molar-refractivity contribution >= 4 is 22.7 Å². The highest BCUT2D eigenvalue weighted by atomic mass is 16.5. The number of amides is 1. The van der Waals surface area contributed by atoms with Crippen LogP contribution in [0.2, 0.25) is 0 Å². The van der Waals surface area contributed by atoms with Crippen LogP contribution in [-0.2, 0) is 11.3 Å². The van der Waals surface area contributed by atoms with Crippen molar-refractivity contribution in [2.24, 2.45) is 11.3 Å². The van der Waals surface area contributed by atoms with Gasteiger partial charge in [0.05, 0.1) is 18.1 Å². The number of hydrogen-bond donors (Lipinski definition) is 0. The number of Topliss-reactive ketones (excluding diaryl/α,β-unsaturated/α-hetero) is 1. The van der Waals surface area contributed by atoms with Gasteiger partial charge in [0.25, 0.3) is 0 Å². The van der Waals surface area contributed by atoms with Gasteiger partial charge in [-0.05, 0) is 31.4 Å². The van der Waals surface area contributed by atoms with E-state index in [9.17, 15) is 9.59 Å². The van der Waals surface area contributed by atoms with E-state index in [1.54, 1.807) is 11.7 Å². The van der Waals surface area contributed by atoms with Crippen molar-refractivity contribution in [2.75, 3.05) is 20.2 Å². The molecular weight excluding hydrogens is 354 g/mol. The van der Waals surface area contributed by atoms with Crippen molar-refractivity contribution in [3.05, 3.63) is 24.0 Å². The van der Waals surface area contributed by atoms with Gasteiger partial charge in [-0.1, -0.05) is 34.6 Å². The second kappa shape index (κ2) is 8.76. The van der Waals surface area contributed by atoms with E-state index >= 15 is 0 Å². The Kier molecular flexibility index (Phi) is 6.86. The number of carbonyl (C=O) groups is 2. The molecule has 0 bridgehead atoms. The molecular formula is C22H33N3O3. The molecule has 0 aliphatic heterocycles. The molecule has 154 valence electrons. The molecule has 0 saturated heterocycles. The molecule has 1 amide bonds. The number of likely N-dealkylation sites (N-methyl/N-ethyl adjacent to an activating group) is 1. The zero-order chi connectivity index (χ0) is 21.1. The number of hydrogen-bond acceptors (Lipinski definition) is 4. The number of benzene rings is 1. The van der Waals surface area contributed by atoms with Gasteiger partial charge < -0.3 is 14.2 Å². The third kappa shape index (κ3) is 4.91. The van der Waals surface area contributed by atoms with E-state index in [0.29, 0.717) is 36.1 Å². The Labute approximate surface area is 167 Å². The summed E-state index contributed by atoms with van der Waals surface area (Å²) in [7, 11) is 1.60. The Hall–Kier alpha value is -2.37. The third-order valence-corrected chi connectivity index (χ3v) is 4.84. The van der Waals surface area contributed by atoms with Crippen LogP contribution in [0.15, 0.2) is 18.2 Å². The van der Waals surface area contributed by atoms with Gasteiger partial charge >= 0.3 is 0 Å². The van der Waals surface area contributed by atoms with Crippen LogP contribution in [0.25, 0.3) is 11.0 Å². The summed E-state index contributed by atoms with van der Waals surface area (Å²) < 4.78 is 7.07. The second-order valence-electron chi connectivity index (χ2n) is 8.61. The molecule has 0 N–H and O–H groups in total. The van der Waals surface area contributed by atoms with Crippen LogP contribution in [0.3, 0.4) is 0 Å². The predicted molar refractivity (Wildman–Crippen MR) is 112 cm³/mol. The van der Waals surface area contributed by atoms with Crippen LogP contribution >= 0.6 is 0 Å². The number of ether oxygens (including phenoxy) is 1. The molecule has 6 nitrogen and oxygen atoms in total. The number of nitrogens with zero attached hydrogens (tertiary/aromatic N) is 3. The highest BCUT2D eigenvalue weighted by Crippen LogP contribution is 2.27. The van der Waals surface area contributed by atoms with Gasteiger partial charge in [0.15, 0.2) is 5.82 Å². The Morgan fingerprint density at radius 2 is 1.93 bits per heavy atom. The maximum absolute atomic E-state index is 13.0. The third-order valence-electron chi connectivity index (χ3n) is 4.84. The van der Waals surface area contributed by atoms with E-state index in [1.165, 1.54) is 0 Å². The van der Waals surface area contributed by atoms with Crippen molar-refractivity contribution in [3.63, 3.8) is 0 Å². The highest BCUT2D eigenvalue weighted by molar-refractivity contribution is 6.00. The normalized spacial score (nSPS) is 11.9. The maximum atomic E-state index is 13.0. The number of fused-ring (bicyclic) bond motifs is 1. The van der Waals surface area contributed by atoms with E-state index < -0.39 is 5.41 Å². The van der Waals surface area contributed by atoms with Crippen molar-refractivity contribution < 1.29 is 14.3 Å². The Balaban J connectivity index is 2.47. The Morgan fingerprint density at radius 3 is 2.46 bits per heavy atom. The quantitative estimate of drug-likeness (QED) is 0.638. The van der Waals surface area contributed by atoms with Gasteiger partial charge in [-0.2, -0.15) is 0 Å². The molecule has 2 aromatic rings. The summed E-state index contributed by atoms with van der Waals surface area (Å²) in [6.07, 6.45) is 0.950. The van der Waals surface area contributed by atoms with E-state index in [-0.39, 0.29) is 18.2 Å². The van der Waals surface area contributed by atoms with Crippen molar-refractivity contribution in [1.29, 1.82) is 0 Å². The zero-order valence-corrected chi connectivity index (χ0v) is 18.2. The van der Waals surface area contributed by atoms with Crippen molar-refractivity contribution in [3.8, 4) is 5.75 Å². The molecule has 28 heavy (non-hydrogen) atoms. The molecule has 0 aliphatic carbocycles. The first kappa shape index (κ1) is 21.9. The lowest BCUT2D eigenvalue weighted by atomic mass is 9.90. The molecule has 2 rings (SSSR count). The Morgan fingerprint density at radius 1 is 1.25 bits per heavy atom. The molecule has 1 aromatic carbocycles. The minimum atomic E-state index is -0.589. The minimum absolute atomic E-state index is 0.00627. The number of rotatable bonds is 8. The van der Waals surface area contributed by atoms with Crippen molar-refractivity contribution in [1.82, 2.24) is 14.5 Å². The summed E-state index contributed by atoms with van der Waals surface area (Å²) in [6.45, 7) is 13.3. The predicted octanol–water partition coefficient (Wildman–Crippen LogP) is 4.17. The van der Waals surface area contributed by atoms with Crippen LogP contribution in [0, 0.1) is 11.3 Å². The maximum Gasteiger partial charge on any atom is 0.242 e. The standard InChI is InChI=1S/C22H33N3O3/c1-8-24(12-11-15(2)3)19(26)14-25-18-13-16(28-7)9-10-17(18)23-21(25)20(27)22(4,5)6/h9-10,13,15H,8,11-12,14H2,1-7H3. The number of ketones is 1. The topological polar surface area (TPSA) is 64.4 Å². The van der Waals surface area contributed by atoms with Crippen LogP contribution in [-0.4, -0.2) is 46.3 Å². The molecule has 6 heteroatoms. The monoisotopic (exact) mass is 387 g/mol. The van der Waals surface area contributed by atoms with E-state index in [0.717, 1.165) is 11.9 Å². The first-order chi connectivity index (χ1) is 13.1. The highest BCUT2D eigenvalue weighted by Gasteiger charge is 2.29. The van der Waals surface area contributed by atoms with Crippen LogP contribution < -0.4 is 4.74 Å². The fourth-order valence-corrected chi connectivity index (χ4v) is 3.01. The van der Waals surface area contributed by atoms with Gasteiger partial charge in [-0.15, -0.1) is 0 Å². The molecule has 0 atom stereocenters. The molecule has 0 saturated carbocycles. The fraction of sp³-hybridized carbons (Fsp3) is 0.591. The number of methoxy groups -OCH3 is 1. The summed E-state index contributed by atoms with van der Waals surface area (Å²) in [6, 6.07) is 5.47. The largest absolute Gasteiger partial charge is 0.497 e. The SMILES string of the molecule is CCN(CCC(C)C)C(=O)Cn1c(C(=O)C(C)(C)C)nc2ccc(OC)cc21. The lowest BCUT2D eigenvalue weighted by Gasteiger charge is -2.23. The molecule has 0 fully saturated rings. The molecule has 0 spiro atoms. The summed E-state index contributed by atoms with van der Waals surface area (Å²) in [5, 5.41) is 0. The lowest BCUT2D eigenvalue weighted by Crippen LogP contribution is -2.36. The number of imidazole rings is 1. The minimum Gasteiger partial charge on any atom is -0.497 e. The first-order valence-electron chi connectivity index (χ1n) is 9.95. The van der Waals surface area contributed by atoms with Crippen molar-refractivity contribution in [2.45, 2.75) is 54.5 Å². The average Bonchev–Trinajstić information content (AvgIpc) is 2.97. The smallest absolute Gasteiger partial charge is 0.242 e. The van der Waals surface area contributed by atoms with Crippen LogP contribution in [0.1, 0.15) is 58.6 Å². The molecule has 0 unspecified atom stereocenters. The van der Waals surface area contributed by atoms with Gasteiger partial charge in [0, 0.05) is 24.6 Å².